The Bertz CT molecular complexity index is 360. The van der Waals surface area contributed by atoms with Crippen LogP contribution in [0.5, 0.6) is 5.75 Å². The third kappa shape index (κ3) is 5.01. The van der Waals surface area contributed by atoms with E-state index >= 15 is 0 Å². The Labute approximate surface area is 120 Å². The average Bonchev–Trinajstić information content (AvgIpc) is 2.44. The third-order valence-corrected chi connectivity index (χ3v) is 3.55. The van der Waals surface area contributed by atoms with E-state index in [1.54, 1.807) is 0 Å². The highest BCUT2D eigenvalue weighted by Gasteiger charge is 2.23. The summed E-state index contributed by atoms with van der Waals surface area (Å²) < 4.78 is 11.4. The second-order valence-electron chi connectivity index (χ2n) is 5.00. The smallest absolute Gasteiger partial charge is 0.119 e. The second kappa shape index (κ2) is 7.73. The van der Waals surface area contributed by atoms with E-state index in [2.05, 4.69) is 11.8 Å². The van der Waals surface area contributed by atoms with Crippen molar-refractivity contribution in [3.63, 3.8) is 0 Å². The van der Waals surface area contributed by atoms with Crippen LogP contribution in [0, 0.1) is 0 Å². The van der Waals surface area contributed by atoms with Gasteiger partial charge in [0.15, 0.2) is 0 Å². The van der Waals surface area contributed by atoms with Gasteiger partial charge in [0.1, 0.15) is 5.75 Å². The highest BCUT2D eigenvalue weighted by atomic mass is 35.5. The van der Waals surface area contributed by atoms with Crippen LogP contribution < -0.4 is 4.74 Å². The van der Waals surface area contributed by atoms with Crippen molar-refractivity contribution in [3.05, 3.63) is 30.3 Å². The molecule has 0 amide bonds. The molecule has 1 aromatic carbocycles. The van der Waals surface area contributed by atoms with Crippen molar-refractivity contribution >= 4 is 11.6 Å². The molecule has 2 atom stereocenters. The highest BCUT2D eigenvalue weighted by molar-refractivity contribution is 6.18. The van der Waals surface area contributed by atoms with Crippen LogP contribution in [0.15, 0.2) is 30.3 Å². The van der Waals surface area contributed by atoms with Crippen molar-refractivity contribution in [3.8, 4) is 5.75 Å². The zero-order valence-corrected chi connectivity index (χ0v) is 12.2. The number of hydrogen-bond acceptors (Lipinski definition) is 3. The maximum absolute atomic E-state index is 5.88. The molecule has 2 rings (SSSR count). The van der Waals surface area contributed by atoms with Crippen LogP contribution in [0.3, 0.4) is 0 Å². The fourth-order valence-electron chi connectivity index (χ4n) is 2.40. The van der Waals surface area contributed by atoms with Crippen LogP contribution in [-0.2, 0) is 4.74 Å². The van der Waals surface area contributed by atoms with Crippen LogP contribution >= 0.6 is 11.6 Å². The first kappa shape index (κ1) is 14.6. The molecular formula is C15H22ClNO2. The van der Waals surface area contributed by atoms with Crippen molar-refractivity contribution < 1.29 is 9.47 Å². The molecule has 3 nitrogen and oxygen atoms in total. The first-order valence-electron chi connectivity index (χ1n) is 6.89. The standard InChI is InChI=1S/C15H22ClNO2/c1-13-11-17(12-15(10-16)19-13)8-5-9-18-14-6-3-2-4-7-14/h2-4,6-7,13,15H,5,8-12H2,1H3. The molecule has 1 aliphatic rings. The Kier molecular flexibility index (Phi) is 5.95. The number of alkyl halides is 1. The van der Waals surface area contributed by atoms with E-state index in [9.17, 15) is 0 Å². The first-order valence-corrected chi connectivity index (χ1v) is 7.43. The molecule has 106 valence electrons. The van der Waals surface area contributed by atoms with Crippen LogP contribution in [0.4, 0.5) is 0 Å². The summed E-state index contributed by atoms with van der Waals surface area (Å²) in [6, 6.07) is 9.95. The van der Waals surface area contributed by atoms with Gasteiger partial charge in [-0.1, -0.05) is 18.2 Å². The number of nitrogens with zero attached hydrogens (tertiary/aromatic N) is 1. The Balaban J connectivity index is 1.65. The summed E-state index contributed by atoms with van der Waals surface area (Å²) in [5.41, 5.74) is 0. The lowest BCUT2D eigenvalue weighted by molar-refractivity contribution is -0.0670. The maximum atomic E-state index is 5.88. The lowest BCUT2D eigenvalue weighted by Gasteiger charge is -2.36. The van der Waals surface area contributed by atoms with Gasteiger partial charge in [0, 0.05) is 25.5 Å². The largest absolute Gasteiger partial charge is 0.494 e. The van der Waals surface area contributed by atoms with Crippen molar-refractivity contribution in [1.82, 2.24) is 4.90 Å². The fraction of sp³-hybridized carbons (Fsp3) is 0.600. The van der Waals surface area contributed by atoms with E-state index in [1.165, 1.54) is 0 Å². The molecule has 1 aromatic rings. The molecule has 1 fully saturated rings. The topological polar surface area (TPSA) is 21.7 Å². The molecule has 1 saturated heterocycles. The summed E-state index contributed by atoms with van der Waals surface area (Å²) >= 11 is 5.88. The zero-order chi connectivity index (χ0) is 13.5. The molecule has 0 spiro atoms. The van der Waals surface area contributed by atoms with E-state index in [4.69, 9.17) is 21.1 Å². The van der Waals surface area contributed by atoms with Crippen LogP contribution in [-0.4, -0.2) is 49.2 Å². The molecule has 0 aliphatic carbocycles. The fourth-order valence-corrected chi connectivity index (χ4v) is 2.57. The van der Waals surface area contributed by atoms with Gasteiger partial charge in [-0.2, -0.15) is 0 Å². The van der Waals surface area contributed by atoms with Crippen molar-refractivity contribution in [2.45, 2.75) is 25.6 Å². The Hall–Kier alpha value is -0.770. The minimum Gasteiger partial charge on any atom is -0.494 e. The van der Waals surface area contributed by atoms with Gasteiger partial charge >= 0.3 is 0 Å². The summed E-state index contributed by atoms with van der Waals surface area (Å²) in [6.07, 6.45) is 1.46. The molecule has 2 unspecified atom stereocenters. The first-order chi connectivity index (χ1) is 9.28. The van der Waals surface area contributed by atoms with Gasteiger partial charge in [0.25, 0.3) is 0 Å². The lowest BCUT2D eigenvalue weighted by Crippen LogP contribution is -2.47. The normalized spacial score (nSPS) is 24.3. The minimum absolute atomic E-state index is 0.167. The second-order valence-corrected chi connectivity index (χ2v) is 5.31. The number of ether oxygens (including phenoxy) is 2. The number of halogens is 1. The number of benzene rings is 1. The highest BCUT2D eigenvalue weighted by Crippen LogP contribution is 2.13. The molecule has 1 heterocycles. The number of hydrogen-bond donors (Lipinski definition) is 0. The van der Waals surface area contributed by atoms with E-state index in [1.807, 2.05) is 30.3 Å². The predicted octanol–water partition coefficient (Wildman–Crippen LogP) is 2.78. The van der Waals surface area contributed by atoms with Gasteiger partial charge in [0.05, 0.1) is 18.8 Å². The van der Waals surface area contributed by atoms with Gasteiger partial charge in [-0.3, -0.25) is 4.90 Å². The van der Waals surface area contributed by atoms with Gasteiger partial charge < -0.3 is 9.47 Å². The Morgan fingerprint density at radius 2 is 2.11 bits per heavy atom. The summed E-state index contributed by atoms with van der Waals surface area (Å²) in [6.45, 7) is 5.80. The zero-order valence-electron chi connectivity index (χ0n) is 11.4. The lowest BCUT2D eigenvalue weighted by atomic mass is 10.2. The predicted molar refractivity (Wildman–Crippen MR) is 78.0 cm³/mol. The van der Waals surface area contributed by atoms with E-state index in [0.29, 0.717) is 5.88 Å². The van der Waals surface area contributed by atoms with E-state index in [0.717, 1.165) is 38.4 Å². The molecule has 19 heavy (non-hydrogen) atoms. The molecule has 0 N–H and O–H groups in total. The molecule has 4 heteroatoms. The van der Waals surface area contributed by atoms with E-state index in [-0.39, 0.29) is 12.2 Å². The molecular weight excluding hydrogens is 262 g/mol. The molecule has 0 saturated carbocycles. The number of rotatable bonds is 6. The van der Waals surface area contributed by atoms with Gasteiger partial charge in [-0.25, -0.2) is 0 Å². The molecule has 0 aromatic heterocycles. The quantitative estimate of drug-likeness (QED) is 0.592. The molecule has 0 bridgehead atoms. The Morgan fingerprint density at radius 1 is 1.32 bits per heavy atom. The number of para-hydroxylation sites is 1. The van der Waals surface area contributed by atoms with Gasteiger partial charge in [-0.05, 0) is 25.5 Å². The monoisotopic (exact) mass is 283 g/mol. The van der Waals surface area contributed by atoms with E-state index < -0.39 is 0 Å². The Morgan fingerprint density at radius 3 is 2.84 bits per heavy atom. The summed E-state index contributed by atoms with van der Waals surface area (Å²) in [7, 11) is 0. The van der Waals surface area contributed by atoms with Crippen LogP contribution in [0.2, 0.25) is 0 Å². The molecule has 0 radical (unpaired) electrons. The van der Waals surface area contributed by atoms with Crippen LogP contribution in [0.1, 0.15) is 13.3 Å². The maximum Gasteiger partial charge on any atom is 0.119 e. The van der Waals surface area contributed by atoms with Crippen molar-refractivity contribution in [2.24, 2.45) is 0 Å². The summed E-state index contributed by atoms with van der Waals surface area (Å²) in [4.78, 5) is 2.41. The SMILES string of the molecule is CC1CN(CCCOc2ccccc2)CC(CCl)O1. The minimum atomic E-state index is 0.167. The van der Waals surface area contributed by atoms with Gasteiger partial charge in [0.2, 0.25) is 0 Å². The summed E-state index contributed by atoms with van der Waals surface area (Å²) in [5.74, 6) is 1.51. The van der Waals surface area contributed by atoms with Crippen LogP contribution in [0.25, 0.3) is 0 Å². The van der Waals surface area contributed by atoms with Crippen molar-refractivity contribution in [1.29, 1.82) is 0 Å². The molecule has 1 aliphatic heterocycles. The van der Waals surface area contributed by atoms with Crippen molar-refractivity contribution in [2.75, 3.05) is 32.1 Å². The summed E-state index contributed by atoms with van der Waals surface area (Å²) in [5, 5.41) is 0. The van der Waals surface area contributed by atoms with Gasteiger partial charge in [-0.15, -0.1) is 11.6 Å². The average molecular weight is 284 g/mol. The number of morpholine rings is 1. The third-order valence-electron chi connectivity index (χ3n) is 3.20.